The topological polar surface area (TPSA) is 90.5 Å². The summed E-state index contributed by atoms with van der Waals surface area (Å²) in [5.74, 6) is -1.19. The Balaban J connectivity index is 1.75. The Morgan fingerprint density at radius 3 is 2.36 bits per heavy atom. The maximum absolute atomic E-state index is 12.7. The van der Waals surface area contributed by atoms with Crippen LogP contribution in [-0.4, -0.2) is 45.7 Å². The molecule has 1 unspecified atom stereocenters. The molecule has 0 aliphatic carbocycles. The second kappa shape index (κ2) is 6.55. The first kappa shape index (κ1) is 17.0. The summed E-state index contributed by atoms with van der Waals surface area (Å²) in [7, 11) is 0. The third kappa shape index (κ3) is 3.33. The lowest BCUT2D eigenvalue weighted by molar-refractivity contribution is -0.150. The maximum atomic E-state index is 12.7. The van der Waals surface area contributed by atoms with Crippen molar-refractivity contribution in [3.8, 4) is 0 Å². The van der Waals surface area contributed by atoms with Crippen molar-refractivity contribution in [3.63, 3.8) is 0 Å². The van der Waals surface area contributed by atoms with Crippen LogP contribution in [0, 0.1) is 5.41 Å². The van der Waals surface area contributed by atoms with E-state index in [0.29, 0.717) is 36.1 Å². The molecule has 1 amide bonds. The van der Waals surface area contributed by atoms with E-state index in [9.17, 15) is 19.5 Å². The minimum atomic E-state index is -0.905. The first-order valence-corrected chi connectivity index (χ1v) is 8.21. The molecule has 130 valence electrons. The first-order chi connectivity index (χ1) is 11.9. The number of nitrogens with one attached hydrogen (secondary N) is 1. The van der Waals surface area contributed by atoms with Gasteiger partial charge in [0.15, 0.2) is 5.78 Å². The average molecular weight is 340 g/mol. The van der Waals surface area contributed by atoms with Crippen LogP contribution < -0.4 is 0 Å². The molecule has 1 aromatic heterocycles. The van der Waals surface area contributed by atoms with Gasteiger partial charge in [0.1, 0.15) is 0 Å². The number of ketones is 1. The number of rotatable bonds is 4. The first-order valence-electron chi connectivity index (χ1n) is 8.21. The van der Waals surface area contributed by atoms with Crippen LogP contribution in [0.3, 0.4) is 0 Å². The zero-order valence-corrected chi connectivity index (χ0v) is 14.0. The van der Waals surface area contributed by atoms with E-state index < -0.39 is 11.4 Å². The van der Waals surface area contributed by atoms with Crippen LogP contribution in [0.5, 0.6) is 0 Å². The van der Waals surface area contributed by atoms with E-state index in [1.165, 1.54) is 0 Å². The number of hydrogen-bond donors (Lipinski definition) is 2. The minimum Gasteiger partial charge on any atom is -0.481 e. The Bertz CT molecular complexity index is 795. The zero-order chi connectivity index (χ0) is 18.0. The molecule has 0 bridgehead atoms. The molecule has 2 heterocycles. The second-order valence-corrected chi connectivity index (χ2v) is 6.70. The van der Waals surface area contributed by atoms with Crippen molar-refractivity contribution in [1.29, 1.82) is 0 Å². The molecule has 3 rings (SSSR count). The predicted octanol–water partition coefficient (Wildman–Crippen LogP) is 2.57. The van der Waals surface area contributed by atoms with E-state index >= 15 is 0 Å². The average Bonchev–Trinajstić information content (AvgIpc) is 3.15. The summed E-state index contributed by atoms with van der Waals surface area (Å²) in [6.45, 7) is 2.42. The van der Waals surface area contributed by atoms with Crippen molar-refractivity contribution < 1.29 is 19.5 Å². The third-order valence-electron chi connectivity index (χ3n) is 4.75. The highest BCUT2D eigenvalue weighted by Gasteiger charge is 2.39. The lowest BCUT2D eigenvalue weighted by Crippen LogP contribution is -2.48. The second-order valence-electron chi connectivity index (χ2n) is 6.70. The van der Waals surface area contributed by atoms with E-state index in [-0.39, 0.29) is 18.2 Å². The van der Waals surface area contributed by atoms with Crippen LogP contribution >= 0.6 is 0 Å². The minimum absolute atomic E-state index is 0.114. The van der Waals surface area contributed by atoms with Crippen molar-refractivity contribution in [2.75, 3.05) is 13.1 Å². The molecule has 1 aliphatic rings. The number of nitrogens with zero attached hydrogens (tertiary/aromatic N) is 1. The summed E-state index contributed by atoms with van der Waals surface area (Å²) >= 11 is 0. The van der Waals surface area contributed by atoms with Crippen molar-refractivity contribution in [2.45, 2.75) is 19.8 Å². The largest absolute Gasteiger partial charge is 0.481 e. The van der Waals surface area contributed by atoms with E-state index in [0.717, 1.165) is 0 Å². The van der Waals surface area contributed by atoms with Crippen LogP contribution in [0.4, 0.5) is 0 Å². The fraction of sp³-hybridized carbons (Fsp3) is 0.316. The number of benzene rings is 1. The van der Waals surface area contributed by atoms with Crippen LogP contribution in [-0.2, 0) is 4.79 Å². The molecule has 25 heavy (non-hydrogen) atoms. The summed E-state index contributed by atoms with van der Waals surface area (Å²) in [6.07, 6.45) is 4.54. The van der Waals surface area contributed by atoms with Crippen molar-refractivity contribution in [3.05, 3.63) is 59.4 Å². The van der Waals surface area contributed by atoms with Gasteiger partial charge in [-0.05, 0) is 38.0 Å². The molecule has 1 saturated heterocycles. The van der Waals surface area contributed by atoms with Crippen molar-refractivity contribution in [2.24, 2.45) is 5.41 Å². The number of carboxylic acid groups (broad SMARTS) is 1. The number of hydrogen-bond acceptors (Lipinski definition) is 3. The van der Waals surface area contributed by atoms with Crippen molar-refractivity contribution in [1.82, 2.24) is 9.88 Å². The zero-order valence-electron chi connectivity index (χ0n) is 14.0. The number of carbonyl (C=O) groups excluding carboxylic acids is 2. The molecule has 0 saturated carbocycles. The molecule has 0 spiro atoms. The molecular weight excluding hydrogens is 320 g/mol. The van der Waals surface area contributed by atoms with Gasteiger partial charge in [-0.1, -0.05) is 12.1 Å². The molecule has 2 aromatic rings. The van der Waals surface area contributed by atoms with Gasteiger partial charge in [-0.25, -0.2) is 0 Å². The highest BCUT2D eigenvalue weighted by Crippen LogP contribution is 2.30. The van der Waals surface area contributed by atoms with Gasteiger partial charge >= 0.3 is 5.97 Å². The van der Waals surface area contributed by atoms with Gasteiger partial charge in [0.2, 0.25) is 0 Å². The number of carboxylic acids is 1. The van der Waals surface area contributed by atoms with Gasteiger partial charge in [0.05, 0.1) is 5.41 Å². The van der Waals surface area contributed by atoms with Crippen LogP contribution in [0.15, 0.2) is 42.7 Å². The number of H-pyrrole nitrogens is 1. The Morgan fingerprint density at radius 1 is 1.08 bits per heavy atom. The highest BCUT2D eigenvalue weighted by molar-refractivity contribution is 6.09. The maximum Gasteiger partial charge on any atom is 0.311 e. The Kier molecular flexibility index (Phi) is 4.44. The van der Waals surface area contributed by atoms with Crippen LogP contribution in [0.1, 0.15) is 46.0 Å². The molecule has 1 aromatic carbocycles. The Morgan fingerprint density at radius 2 is 1.76 bits per heavy atom. The fourth-order valence-electron chi connectivity index (χ4n) is 3.17. The Hall–Kier alpha value is -2.89. The lowest BCUT2D eigenvalue weighted by Gasteiger charge is -2.37. The van der Waals surface area contributed by atoms with E-state index in [4.69, 9.17) is 0 Å². The fourth-order valence-corrected chi connectivity index (χ4v) is 3.17. The summed E-state index contributed by atoms with van der Waals surface area (Å²) in [6, 6.07) is 8.19. The van der Waals surface area contributed by atoms with Crippen LogP contribution in [0.2, 0.25) is 0 Å². The lowest BCUT2D eigenvalue weighted by atomic mass is 9.82. The quantitative estimate of drug-likeness (QED) is 0.837. The number of piperidine rings is 1. The van der Waals surface area contributed by atoms with E-state index in [1.54, 1.807) is 54.5 Å². The number of carbonyl (C=O) groups is 3. The normalized spacial score (nSPS) is 20.3. The molecule has 1 atom stereocenters. The van der Waals surface area contributed by atoms with Gasteiger partial charge in [-0.2, -0.15) is 0 Å². The standard InChI is InChI=1S/C19H20N2O4/c1-19(18(24)25)8-2-10-21(12-19)17(23)14-5-3-13(4-6-14)16(22)15-7-9-20-11-15/h3-7,9,11,20H,2,8,10,12H2,1H3,(H,24,25). The molecule has 1 fully saturated rings. The van der Waals surface area contributed by atoms with Gasteiger partial charge in [0, 0.05) is 42.2 Å². The summed E-state index contributed by atoms with van der Waals surface area (Å²) < 4.78 is 0. The number of aromatic nitrogens is 1. The molecule has 1 aliphatic heterocycles. The molecular formula is C19H20N2O4. The summed E-state index contributed by atoms with van der Waals surface area (Å²) in [5.41, 5.74) is 0.621. The number of likely N-dealkylation sites (tertiary alicyclic amines) is 1. The van der Waals surface area contributed by atoms with Gasteiger partial charge in [0.25, 0.3) is 5.91 Å². The molecule has 0 radical (unpaired) electrons. The monoisotopic (exact) mass is 340 g/mol. The van der Waals surface area contributed by atoms with E-state index in [2.05, 4.69) is 4.98 Å². The number of aromatic amines is 1. The molecule has 2 N–H and O–H groups in total. The summed E-state index contributed by atoms with van der Waals surface area (Å²) in [4.78, 5) is 40.8. The van der Waals surface area contributed by atoms with Crippen molar-refractivity contribution >= 4 is 17.7 Å². The van der Waals surface area contributed by atoms with Gasteiger partial charge in [-0.15, -0.1) is 0 Å². The Labute approximate surface area is 145 Å². The highest BCUT2D eigenvalue weighted by atomic mass is 16.4. The SMILES string of the molecule is CC1(C(=O)O)CCCN(C(=O)c2ccc(C(=O)c3cc[nH]c3)cc2)C1. The van der Waals surface area contributed by atoms with Gasteiger partial charge in [-0.3, -0.25) is 14.4 Å². The third-order valence-corrected chi connectivity index (χ3v) is 4.75. The van der Waals surface area contributed by atoms with Gasteiger partial charge < -0.3 is 15.0 Å². The van der Waals surface area contributed by atoms with E-state index in [1.807, 2.05) is 0 Å². The van der Waals surface area contributed by atoms with Crippen LogP contribution in [0.25, 0.3) is 0 Å². The predicted molar refractivity (Wildman–Crippen MR) is 91.5 cm³/mol. The number of amides is 1. The molecule has 6 heteroatoms. The summed E-state index contributed by atoms with van der Waals surface area (Å²) in [5, 5.41) is 9.38. The molecule has 6 nitrogen and oxygen atoms in total. The number of aliphatic carboxylic acids is 1. The smallest absolute Gasteiger partial charge is 0.311 e.